The van der Waals surface area contributed by atoms with Gasteiger partial charge in [0.1, 0.15) is 0 Å². The third-order valence-corrected chi connectivity index (χ3v) is 4.33. The Labute approximate surface area is 132 Å². The molecule has 5 heteroatoms. The second-order valence-electron chi connectivity index (χ2n) is 6.20. The molecular weight excluding hydrogens is 276 g/mol. The lowest BCUT2D eigenvalue weighted by molar-refractivity contribution is 0.127. The first-order valence-corrected chi connectivity index (χ1v) is 7.90. The van der Waals surface area contributed by atoms with E-state index in [1.165, 1.54) is 0 Å². The molecule has 0 aliphatic carbocycles. The summed E-state index contributed by atoms with van der Waals surface area (Å²) in [5.74, 6) is 0.146. The number of guanidine groups is 1. The van der Waals surface area contributed by atoms with Gasteiger partial charge in [0.25, 0.3) is 0 Å². The van der Waals surface area contributed by atoms with Crippen LogP contribution in [0.2, 0.25) is 0 Å². The highest BCUT2D eigenvalue weighted by Gasteiger charge is 2.29. The van der Waals surface area contributed by atoms with Crippen molar-refractivity contribution in [1.29, 1.82) is 0 Å². The van der Waals surface area contributed by atoms with Crippen molar-refractivity contribution in [2.45, 2.75) is 59.0 Å². The van der Waals surface area contributed by atoms with Crippen LogP contribution < -0.4 is 11.1 Å². The Hall–Kier alpha value is -2.04. The van der Waals surface area contributed by atoms with Gasteiger partial charge in [-0.05, 0) is 58.1 Å². The first kappa shape index (κ1) is 16.3. The van der Waals surface area contributed by atoms with Gasteiger partial charge in [-0.1, -0.05) is 18.2 Å². The van der Waals surface area contributed by atoms with Crippen LogP contribution in [-0.4, -0.2) is 29.0 Å². The lowest BCUT2D eigenvalue weighted by atomic mass is 9.98. The van der Waals surface area contributed by atoms with Crippen LogP contribution in [0.15, 0.2) is 23.2 Å². The molecule has 0 radical (unpaired) electrons. The number of benzene rings is 1. The van der Waals surface area contributed by atoms with Crippen molar-refractivity contribution in [2.75, 3.05) is 0 Å². The van der Waals surface area contributed by atoms with Crippen LogP contribution in [0.5, 0.6) is 0 Å². The number of nitrogens with zero attached hydrogens (tertiary/aromatic N) is 2. The van der Waals surface area contributed by atoms with Crippen LogP contribution >= 0.6 is 0 Å². The fourth-order valence-corrected chi connectivity index (χ4v) is 3.13. The smallest absolute Gasteiger partial charge is 0.324 e. The zero-order chi connectivity index (χ0) is 16.3. The van der Waals surface area contributed by atoms with Gasteiger partial charge in [-0.3, -0.25) is 5.32 Å². The molecule has 0 saturated carbocycles. The number of aryl methyl sites for hydroxylation is 2. The second kappa shape index (κ2) is 6.81. The second-order valence-corrected chi connectivity index (χ2v) is 6.20. The average molecular weight is 302 g/mol. The van der Waals surface area contributed by atoms with E-state index in [-0.39, 0.29) is 24.1 Å². The summed E-state index contributed by atoms with van der Waals surface area (Å²) < 4.78 is 0. The van der Waals surface area contributed by atoms with Crippen molar-refractivity contribution >= 4 is 17.7 Å². The van der Waals surface area contributed by atoms with Crippen molar-refractivity contribution in [3.8, 4) is 0 Å². The number of aliphatic imine (C=N–C) groups is 1. The van der Waals surface area contributed by atoms with Crippen LogP contribution in [0.25, 0.3) is 0 Å². The first-order valence-electron chi connectivity index (χ1n) is 7.90. The number of carbonyl (C=O) groups is 1. The minimum Gasteiger partial charge on any atom is -0.369 e. The van der Waals surface area contributed by atoms with Gasteiger partial charge in [0.2, 0.25) is 5.96 Å². The van der Waals surface area contributed by atoms with Crippen LogP contribution in [0.1, 0.15) is 44.2 Å². The minimum absolute atomic E-state index is 0.146. The van der Waals surface area contributed by atoms with Gasteiger partial charge in [0.15, 0.2) is 0 Å². The number of nitrogens with two attached hydrogens (primary N) is 1. The van der Waals surface area contributed by atoms with E-state index in [9.17, 15) is 4.79 Å². The van der Waals surface area contributed by atoms with E-state index in [1.54, 1.807) is 0 Å². The van der Waals surface area contributed by atoms with Gasteiger partial charge >= 0.3 is 6.03 Å². The molecule has 0 spiro atoms. The van der Waals surface area contributed by atoms with E-state index in [0.29, 0.717) is 0 Å². The Bertz CT molecular complexity index is 552. The van der Waals surface area contributed by atoms with Crippen molar-refractivity contribution in [1.82, 2.24) is 10.2 Å². The summed E-state index contributed by atoms with van der Waals surface area (Å²) in [4.78, 5) is 18.7. The monoisotopic (exact) mass is 302 g/mol. The van der Waals surface area contributed by atoms with Crippen LogP contribution in [0, 0.1) is 13.8 Å². The molecule has 2 unspecified atom stereocenters. The summed E-state index contributed by atoms with van der Waals surface area (Å²) in [7, 11) is 0. The SMILES string of the molecule is Cc1cccc(C)c1N=C(N)NC(=O)N1C(C)CCCC1C. The van der Waals surface area contributed by atoms with E-state index in [1.807, 2.05) is 36.9 Å². The molecule has 3 N–H and O–H groups in total. The van der Waals surface area contributed by atoms with E-state index >= 15 is 0 Å². The lowest BCUT2D eigenvalue weighted by Gasteiger charge is -2.38. The summed E-state index contributed by atoms with van der Waals surface area (Å²) in [6.07, 6.45) is 3.23. The van der Waals surface area contributed by atoms with Crippen LogP contribution in [0.3, 0.4) is 0 Å². The molecule has 120 valence electrons. The third-order valence-electron chi connectivity index (χ3n) is 4.33. The summed E-state index contributed by atoms with van der Waals surface area (Å²) in [6, 6.07) is 6.25. The van der Waals surface area contributed by atoms with E-state index in [4.69, 9.17) is 5.73 Å². The van der Waals surface area contributed by atoms with Crippen molar-refractivity contribution in [2.24, 2.45) is 10.7 Å². The van der Waals surface area contributed by atoms with Gasteiger partial charge in [0, 0.05) is 12.1 Å². The average Bonchev–Trinajstić information content (AvgIpc) is 2.43. The standard InChI is InChI=1S/C17H26N4O/c1-11-7-5-8-12(2)15(11)19-16(18)20-17(22)21-13(3)9-6-10-14(21)4/h5,7-8,13-14H,6,9-10H2,1-4H3,(H3,18,19,20,22). The molecule has 1 heterocycles. The van der Waals surface area contributed by atoms with E-state index in [0.717, 1.165) is 36.1 Å². The number of hydrogen-bond donors (Lipinski definition) is 2. The predicted molar refractivity (Wildman–Crippen MR) is 90.3 cm³/mol. The topological polar surface area (TPSA) is 70.7 Å². The molecule has 22 heavy (non-hydrogen) atoms. The van der Waals surface area contributed by atoms with E-state index < -0.39 is 0 Å². The van der Waals surface area contributed by atoms with Gasteiger partial charge in [-0.2, -0.15) is 0 Å². The highest BCUT2D eigenvalue weighted by Crippen LogP contribution is 2.24. The van der Waals surface area contributed by atoms with Gasteiger partial charge in [-0.15, -0.1) is 0 Å². The van der Waals surface area contributed by atoms with Gasteiger partial charge in [-0.25, -0.2) is 9.79 Å². The molecule has 1 aromatic rings. The number of likely N-dealkylation sites (tertiary alicyclic amines) is 1. The lowest BCUT2D eigenvalue weighted by Crippen LogP contribution is -2.54. The minimum atomic E-state index is -0.160. The van der Waals surface area contributed by atoms with Gasteiger partial charge in [0.05, 0.1) is 5.69 Å². The zero-order valence-electron chi connectivity index (χ0n) is 13.9. The molecule has 1 fully saturated rings. The molecule has 2 rings (SSSR count). The maximum absolute atomic E-state index is 12.4. The number of amides is 2. The summed E-state index contributed by atoms with van der Waals surface area (Å²) >= 11 is 0. The molecule has 0 aromatic heterocycles. The molecule has 5 nitrogen and oxygen atoms in total. The number of nitrogens with one attached hydrogen (secondary N) is 1. The zero-order valence-corrected chi connectivity index (χ0v) is 13.9. The maximum atomic E-state index is 12.4. The third kappa shape index (κ3) is 3.59. The Morgan fingerprint density at radius 3 is 2.32 bits per heavy atom. The number of carbonyl (C=O) groups excluding carboxylic acids is 1. The number of hydrogen-bond acceptors (Lipinski definition) is 2. The number of para-hydroxylation sites is 1. The predicted octanol–water partition coefficient (Wildman–Crippen LogP) is 3.22. The normalized spacial score (nSPS) is 22.5. The summed E-state index contributed by atoms with van der Waals surface area (Å²) in [5.41, 5.74) is 8.83. The highest BCUT2D eigenvalue weighted by atomic mass is 16.2. The van der Waals surface area contributed by atoms with Crippen LogP contribution in [-0.2, 0) is 0 Å². The quantitative estimate of drug-likeness (QED) is 0.617. The molecular formula is C17H26N4O. The van der Waals surface area contributed by atoms with Crippen LogP contribution in [0.4, 0.5) is 10.5 Å². The molecule has 0 bridgehead atoms. The first-order chi connectivity index (χ1) is 10.4. The highest BCUT2D eigenvalue weighted by molar-refractivity contribution is 5.97. The van der Waals surface area contributed by atoms with Crippen molar-refractivity contribution in [3.63, 3.8) is 0 Å². The van der Waals surface area contributed by atoms with Gasteiger partial charge < -0.3 is 10.6 Å². The molecule has 1 saturated heterocycles. The fraction of sp³-hybridized carbons (Fsp3) is 0.529. The Morgan fingerprint density at radius 2 is 1.77 bits per heavy atom. The van der Waals surface area contributed by atoms with Crippen molar-refractivity contribution in [3.05, 3.63) is 29.3 Å². The summed E-state index contributed by atoms with van der Waals surface area (Å²) in [5, 5.41) is 2.73. The fourth-order valence-electron chi connectivity index (χ4n) is 3.13. The summed E-state index contributed by atoms with van der Waals surface area (Å²) in [6.45, 7) is 8.12. The number of urea groups is 1. The van der Waals surface area contributed by atoms with E-state index in [2.05, 4.69) is 24.2 Å². The van der Waals surface area contributed by atoms with Crippen molar-refractivity contribution < 1.29 is 4.79 Å². The molecule has 2 atom stereocenters. The molecule has 1 aliphatic heterocycles. The largest absolute Gasteiger partial charge is 0.369 e. The molecule has 1 aromatic carbocycles. The molecule has 1 aliphatic rings. The Morgan fingerprint density at radius 1 is 1.23 bits per heavy atom. The Kier molecular flexibility index (Phi) is 5.06. The Balaban J connectivity index is 2.12. The molecule has 2 amide bonds. The number of piperidine rings is 1. The maximum Gasteiger partial charge on any atom is 0.324 e. The number of rotatable bonds is 1.